The molecule has 1 aliphatic carbocycles. The molecule has 26 heavy (non-hydrogen) atoms. The van der Waals surface area contributed by atoms with Crippen molar-refractivity contribution in [3.63, 3.8) is 0 Å². The summed E-state index contributed by atoms with van der Waals surface area (Å²) in [6.45, 7) is 4.02. The van der Waals surface area contributed by atoms with Crippen molar-refractivity contribution in [2.45, 2.75) is 51.3 Å². The van der Waals surface area contributed by atoms with Crippen molar-refractivity contribution in [1.82, 2.24) is 14.5 Å². The van der Waals surface area contributed by atoms with Crippen LogP contribution in [-0.2, 0) is 4.74 Å². The minimum absolute atomic E-state index is 0.0834. The number of aromatic nitrogens is 3. The number of ketones is 1. The number of aliphatic hydroxyl groups is 1. The van der Waals surface area contributed by atoms with Gasteiger partial charge in [-0.05, 0) is 38.7 Å². The second-order valence-electron chi connectivity index (χ2n) is 7.08. The lowest BCUT2D eigenvalue weighted by Gasteiger charge is -2.28. The third-order valence-corrected chi connectivity index (χ3v) is 5.11. The van der Waals surface area contributed by atoms with Gasteiger partial charge in [0.05, 0.1) is 24.3 Å². The quantitative estimate of drug-likeness (QED) is 0.791. The highest BCUT2D eigenvalue weighted by atomic mass is 16.5. The Kier molecular flexibility index (Phi) is 4.24. The van der Waals surface area contributed by atoms with E-state index in [1.54, 1.807) is 17.7 Å². The Hall–Kier alpha value is -2.32. The fourth-order valence-electron chi connectivity index (χ4n) is 3.55. The van der Waals surface area contributed by atoms with Crippen molar-refractivity contribution >= 4 is 22.8 Å². The number of nitrogens with one attached hydrogen (secondary N) is 1. The molecule has 1 saturated heterocycles. The Morgan fingerprint density at radius 2 is 2.15 bits per heavy atom. The minimum Gasteiger partial charge on any atom is -0.389 e. The molecule has 0 bridgehead atoms. The van der Waals surface area contributed by atoms with Gasteiger partial charge in [0.25, 0.3) is 5.56 Å². The second kappa shape index (κ2) is 6.44. The van der Waals surface area contributed by atoms with E-state index in [4.69, 9.17) is 4.74 Å². The average molecular weight is 358 g/mol. The molecule has 0 spiro atoms. The topological polar surface area (TPSA) is 106 Å². The van der Waals surface area contributed by atoms with E-state index >= 15 is 0 Å². The zero-order chi connectivity index (χ0) is 18.4. The van der Waals surface area contributed by atoms with Crippen molar-refractivity contribution < 1.29 is 14.6 Å². The van der Waals surface area contributed by atoms with Gasteiger partial charge in [0.15, 0.2) is 5.78 Å². The van der Waals surface area contributed by atoms with Crippen molar-refractivity contribution in [3.8, 4) is 0 Å². The molecule has 1 aliphatic heterocycles. The highest BCUT2D eigenvalue weighted by molar-refractivity contribution is 5.99. The van der Waals surface area contributed by atoms with Gasteiger partial charge in [0.2, 0.25) is 5.95 Å². The number of aliphatic hydroxyl groups excluding tert-OH is 1. The molecule has 1 saturated carbocycles. The summed E-state index contributed by atoms with van der Waals surface area (Å²) in [6.07, 6.45) is 3.48. The number of pyridine rings is 1. The van der Waals surface area contributed by atoms with E-state index in [2.05, 4.69) is 15.3 Å². The van der Waals surface area contributed by atoms with Gasteiger partial charge in [-0.2, -0.15) is 4.98 Å². The molecule has 3 heterocycles. The van der Waals surface area contributed by atoms with Crippen molar-refractivity contribution in [1.29, 1.82) is 0 Å². The van der Waals surface area contributed by atoms with Gasteiger partial charge >= 0.3 is 0 Å². The Morgan fingerprint density at radius 3 is 2.81 bits per heavy atom. The van der Waals surface area contributed by atoms with Crippen LogP contribution in [0.2, 0.25) is 0 Å². The Balaban J connectivity index is 1.82. The van der Waals surface area contributed by atoms with Crippen LogP contribution in [0.4, 0.5) is 5.95 Å². The molecule has 2 fully saturated rings. The van der Waals surface area contributed by atoms with Crippen LogP contribution in [0.3, 0.4) is 0 Å². The summed E-state index contributed by atoms with van der Waals surface area (Å²) < 4.78 is 6.87. The summed E-state index contributed by atoms with van der Waals surface area (Å²) in [5, 5.41) is 13.9. The predicted molar refractivity (Wildman–Crippen MR) is 95.7 cm³/mol. The summed E-state index contributed by atoms with van der Waals surface area (Å²) in [5.74, 6) is 0.128. The van der Waals surface area contributed by atoms with Gasteiger partial charge in [-0.3, -0.25) is 14.2 Å². The van der Waals surface area contributed by atoms with Crippen LogP contribution in [0.15, 0.2) is 11.0 Å². The molecule has 2 aliphatic rings. The standard InChI is InChI=1S/C18H22N4O4/c1-9-12-7-19-18(20-13-5-6-26-8-14(13)24)21-16(12)22(11-3-4-11)17(25)15(9)10(2)23/h7,11,13-14,24H,3-6,8H2,1-2H3,(H,19,20,21)/t13-,14-/m1/s1. The molecule has 2 aromatic heterocycles. The number of aryl methyl sites for hydroxylation is 1. The highest BCUT2D eigenvalue weighted by Crippen LogP contribution is 2.36. The molecule has 2 N–H and O–H groups in total. The molecule has 2 atom stereocenters. The van der Waals surface area contributed by atoms with E-state index < -0.39 is 6.10 Å². The monoisotopic (exact) mass is 358 g/mol. The number of ether oxygens (including phenoxy) is 1. The van der Waals surface area contributed by atoms with Gasteiger partial charge in [-0.15, -0.1) is 0 Å². The zero-order valence-corrected chi connectivity index (χ0v) is 14.9. The van der Waals surface area contributed by atoms with Gasteiger partial charge in [-0.1, -0.05) is 0 Å². The molecule has 8 heteroatoms. The average Bonchev–Trinajstić information content (AvgIpc) is 3.41. The van der Waals surface area contributed by atoms with Crippen LogP contribution in [0.25, 0.3) is 11.0 Å². The van der Waals surface area contributed by atoms with Crippen LogP contribution in [0.5, 0.6) is 0 Å². The summed E-state index contributed by atoms with van der Waals surface area (Å²) in [4.78, 5) is 33.8. The first-order valence-electron chi connectivity index (χ1n) is 8.92. The molecule has 138 valence electrons. The number of Topliss-reactive ketones (excluding diaryl/α,β-unsaturated/α-hetero) is 1. The minimum atomic E-state index is -0.629. The SMILES string of the molecule is CC(=O)c1c(C)c2cnc(N[C@@H]3CCOC[C@H]3O)nc2n(C2CC2)c1=O. The highest BCUT2D eigenvalue weighted by Gasteiger charge is 2.30. The van der Waals surface area contributed by atoms with E-state index in [1.165, 1.54) is 6.92 Å². The van der Waals surface area contributed by atoms with Gasteiger partial charge in [0.1, 0.15) is 5.65 Å². The third kappa shape index (κ3) is 2.89. The van der Waals surface area contributed by atoms with Crippen molar-refractivity contribution in [2.24, 2.45) is 0 Å². The van der Waals surface area contributed by atoms with Crippen LogP contribution in [0, 0.1) is 6.92 Å². The third-order valence-electron chi connectivity index (χ3n) is 5.11. The lowest BCUT2D eigenvalue weighted by atomic mass is 10.0. The van der Waals surface area contributed by atoms with Crippen LogP contribution >= 0.6 is 0 Å². The Bertz CT molecular complexity index is 935. The fourth-order valence-corrected chi connectivity index (χ4v) is 3.55. The number of nitrogens with zero attached hydrogens (tertiary/aromatic N) is 3. The molecule has 4 rings (SSSR count). The number of rotatable bonds is 4. The second-order valence-corrected chi connectivity index (χ2v) is 7.08. The predicted octanol–water partition coefficient (Wildman–Crippen LogP) is 1.20. The number of anilines is 1. The number of hydrogen-bond acceptors (Lipinski definition) is 7. The number of carbonyl (C=O) groups is 1. The van der Waals surface area contributed by atoms with Crippen LogP contribution < -0.4 is 10.9 Å². The molecule has 2 aromatic rings. The Labute approximate surface area is 150 Å². The molecule has 0 radical (unpaired) electrons. The molecule has 8 nitrogen and oxygen atoms in total. The Morgan fingerprint density at radius 1 is 1.38 bits per heavy atom. The van der Waals surface area contributed by atoms with E-state index in [0.29, 0.717) is 35.6 Å². The van der Waals surface area contributed by atoms with Gasteiger partial charge in [-0.25, -0.2) is 4.98 Å². The van der Waals surface area contributed by atoms with E-state index in [9.17, 15) is 14.7 Å². The van der Waals surface area contributed by atoms with E-state index in [-0.39, 0.29) is 35.6 Å². The maximum absolute atomic E-state index is 12.9. The lowest BCUT2D eigenvalue weighted by molar-refractivity contribution is -0.0136. The number of hydrogen-bond donors (Lipinski definition) is 2. The van der Waals surface area contributed by atoms with Crippen molar-refractivity contribution in [2.75, 3.05) is 18.5 Å². The van der Waals surface area contributed by atoms with Crippen molar-refractivity contribution in [3.05, 3.63) is 27.7 Å². The van der Waals surface area contributed by atoms with Gasteiger partial charge < -0.3 is 15.2 Å². The molecule has 0 unspecified atom stereocenters. The van der Waals surface area contributed by atoms with E-state index in [1.807, 2.05) is 0 Å². The molecular weight excluding hydrogens is 336 g/mol. The first kappa shape index (κ1) is 17.1. The summed E-state index contributed by atoms with van der Waals surface area (Å²) >= 11 is 0. The smallest absolute Gasteiger partial charge is 0.263 e. The summed E-state index contributed by atoms with van der Waals surface area (Å²) in [6, 6.07) is -0.111. The first-order chi connectivity index (χ1) is 12.5. The maximum atomic E-state index is 12.9. The lowest BCUT2D eigenvalue weighted by Crippen LogP contribution is -2.42. The largest absolute Gasteiger partial charge is 0.389 e. The van der Waals surface area contributed by atoms with Crippen LogP contribution in [-0.4, -0.2) is 50.8 Å². The molecule has 0 aromatic carbocycles. The molecule has 0 amide bonds. The maximum Gasteiger partial charge on any atom is 0.263 e. The first-order valence-corrected chi connectivity index (χ1v) is 8.92. The zero-order valence-electron chi connectivity index (χ0n) is 14.9. The van der Waals surface area contributed by atoms with E-state index in [0.717, 1.165) is 12.8 Å². The van der Waals surface area contributed by atoms with Crippen LogP contribution in [0.1, 0.15) is 48.1 Å². The summed E-state index contributed by atoms with van der Waals surface area (Å²) in [5.41, 5.74) is 1.10. The van der Waals surface area contributed by atoms with Gasteiger partial charge in [0, 0.05) is 24.2 Å². The number of carbonyl (C=O) groups excluding carboxylic acids is 1. The normalized spacial score (nSPS) is 23.2. The fraction of sp³-hybridized carbons (Fsp3) is 0.556. The summed E-state index contributed by atoms with van der Waals surface area (Å²) in [7, 11) is 0. The molecular formula is C18H22N4O4. The number of fused-ring (bicyclic) bond motifs is 1.